The van der Waals surface area contributed by atoms with Crippen molar-refractivity contribution in [3.8, 4) is 0 Å². The van der Waals surface area contributed by atoms with E-state index in [4.69, 9.17) is 5.73 Å². The predicted molar refractivity (Wildman–Crippen MR) is 55.5 cm³/mol. The molecule has 0 bridgehead atoms. The Balaban J connectivity index is 0. The third kappa shape index (κ3) is 5.67. The molecule has 0 aromatic carbocycles. The van der Waals surface area contributed by atoms with Gasteiger partial charge in [-0.25, -0.2) is 0 Å². The summed E-state index contributed by atoms with van der Waals surface area (Å²) in [6, 6.07) is 0. The van der Waals surface area contributed by atoms with E-state index in [2.05, 4.69) is 0 Å². The summed E-state index contributed by atoms with van der Waals surface area (Å²) >= 11 is 0. The van der Waals surface area contributed by atoms with Crippen LogP contribution < -0.4 is 5.73 Å². The summed E-state index contributed by atoms with van der Waals surface area (Å²) < 4.78 is 0. The molecule has 1 rings (SSSR count). The van der Waals surface area contributed by atoms with Crippen LogP contribution in [0, 0.1) is 20.8 Å². The Morgan fingerprint density at radius 2 is 1.31 bits per heavy atom. The summed E-state index contributed by atoms with van der Waals surface area (Å²) in [6.07, 6.45) is 8.03. The molecule has 0 atom stereocenters. The van der Waals surface area contributed by atoms with Crippen LogP contribution in [0.3, 0.4) is 0 Å². The lowest BCUT2D eigenvalue weighted by Crippen LogP contribution is -2.21. The largest absolute Gasteiger partial charge is 0.369 e. The Bertz CT molecular complexity index is 126. The summed E-state index contributed by atoms with van der Waals surface area (Å²) in [5.74, 6) is 0.789. The van der Waals surface area contributed by atoms with E-state index in [0.29, 0.717) is 0 Å². The zero-order chi connectivity index (χ0) is 8.10. The highest BCUT2D eigenvalue weighted by atomic mass is 16.1. The molecule has 5 radical (unpaired) electrons. The van der Waals surface area contributed by atoms with Crippen LogP contribution in [0.25, 0.3) is 0 Å². The average molecular weight is 182 g/mol. The zero-order valence-corrected chi connectivity index (χ0v) is 8.35. The molecule has 0 unspecified atom stereocenters. The van der Waals surface area contributed by atoms with Gasteiger partial charge >= 0.3 is 0 Å². The highest BCUT2D eigenvalue weighted by molar-refractivity contribution is 5.88. The first-order valence-corrected chi connectivity index (χ1v) is 4.45. The van der Waals surface area contributed by atoms with Gasteiger partial charge in [-0.15, -0.1) is 0 Å². The number of nitrogens with two attached hydrogens (primary N) is 1. The lowest BCUT2D eigenvalue weighted by Gasteiger charge is -2.14. The lowest BCUT2D eigenvalue weighted by atomic mass is 9.91. The van der Waals surface area contributed by atoms with Gasteiger partial charge in [-0.1, -0.05) is 47.0 Å². The van der Waals surface area contributed by atoms with Gasteiger partial charge in [0.05, 0.1) is 5.92 Å². The first kappa shape index (κ1) is 15.0. The van der Waals surface area contributed by atoms with Gasteiger partial charge < -0.3 is 5.73 Å². The van der Waals surface area contributed by atoms with Crippen LogP contribution in [-0.4, -0.2) is 5.91 Å². The fourth-order valence-corrected chi connectivity index (χ4v) is 1.58. The maximum absolute atomic E-state index is 10.8. The Morgan fingerprint density at radius 3 is 1.69 bits per heavy atom. The second-order valence-electron chi connectivity index (χ2n) is 3.24. The van der Waals surface area contributed by atoms with Crippen molar-refractivity contribution in [2.45, 2.75) is 44.9 Å². The maximum Gasteiger partial charge on any atom is 0.224 e. The first-order chi connectivity index (χ1) is 5.30. The van der Waals surface area contributed by atoms with E-state index in [0.717, 1.165) is 31.6 Å². The van der Waals surface area contributed by atoms with Crippen molar-refractivity contribution in [2.75, 3.05) is 0 Å². The van der Waals surface area contributed by atoms with E-state index < -0.39 is 0 Å². The van der Waals surface area contributed by atoms with E-state index in [9.17, 15) is 4.79 Å². The summed E-state index contributed by atoms with van der Waals surface area (Å²) in [4.78, 5) is 10.8. The molecule has 75 valence electrons. The van der Waals surface area contributed by atoms with E-state index in [1.165, 1.54) is 19.3 Å². The molecule has 1 amide bonds. The number of carbonyl (C=O) groups is 1. The highest BCUT2D eigenvalue weighted by Gasteiger charge is 2.16. The van der Waals surface area contributed by atoms with Gasteiger partial charge in [0, 0.05) is 0 Å². The van der Waals surface area contributed by atoms with Crippen molar-refractivity contribution < 1.29 is 4.79 Å². The van der Waals surface area contributed by atoms with Crippen LogP contribution in [0.4, 0.5) is 0 Å². The van der Waals surface area contributed by atoms with Crippen LogP contribution in [0.1, 0.15) is 44.9 Å². The van der Waals surface area contributed by atoms with Crippen LogP contribution in [0.2, 0.25) is 0 Å². The van der Waals surface area contributed by atoms with Crippen LogP contribution in [-0.2, 0) is 4.79 Å². The summed E-state index contributed by atoms with van der Waals surface area (Å²) in [5.41, 5.74) is 5.21. The Kier molecular flexibility index (Phi) is 9.31. The molecule has 1 aliphatic carbocycles. The normalized spacial score (nSPS) is 18.8. The zero-order valence-electron chi connectivity index (χ0n) is 8.35. The first-order valence-electron chi connectivity index (χ1n) is 4.45. The van der Waals surface area contributed by atoms with Crippen molar-refractivity contribution >= 4 is 5.91 Å². The molecule has 13 heavy (non-hydrogen) atoms. The van der Waals surface area contributed by atoms with Crippen molar-refractivity contribution in [1.29, 1.82) is 0 Å². The molecule has 1 aliphatic rings. The summed E-state index contributed by atoms with van der Waals surface area (Å²) in [7, 11) is 0. The van der Waals surface area contributed by atoms with E-state index in [-0.39, 0.29) is 20.8 Å². The minimum atomic E-state index is -0.174. The van der Waals surface area contributed by atoms with Crippen molar-refractivity contribution in [3.05, 3.63) is 20.8 Å². The van der Waals surface area contributed by atoms with Crippen LogP contribution >= 0.6 is 0 Å². The van der Waals surface area contributed by atoms with Crippen LogP contribution in [0.15, 0.2) is 0 Å². The van der Waals surface area contributed by atoms with Gasteiger partial charge in [-0.05, 0) is 12.8 Å². The average Bonchev–Trinajstić information content (AvgIpc) is 1.84. The van der Waals surface area contributed by atoms with Gasteiger partial charge in [0.15, 0.2) is 0 Å². The van der Waals surface area contributed by atoms with Gasteiger partial charge in [0.2, 0.25) is 5.91 Å². The van der Waals surface area contributed by atoms with Gasteiger partial charge in [-0.2, -0.15) is 0 Å². The Morgan fingerprint density at radius 1 is 0.923 bits per heavy atom. The molecule has 0 aliphatic heterocycles. The molecule has 0 spiro atoms. The number of carbonyl (C=O) groups excluding carboxylic acids is 1. The second kappa shape index (κ2) is 8.09. The molecule has 2 nitrogen and oxygen atoms in total. The Labute approximate surface area is 82.9 Å². The van der Waals surface area contributed by atoms with Crippen molar-refractivity contribution in [2.24, 2.45) is 5.73 Å². The van der Waals surface area contributed by atoms with Crippen molar-refractivity contribution in [1.82, 2.24) is 0 Å². The quantitative estimate of drug-likeness (QED) is 0.665. The third-order valence-electron chi connectivity index (χ3n) is 2.31. The second-order valence-corrected chi connectivity index (χ2v) is 3.24. The number of rotatable bonds is 1. The summed E-state index contributed by atoms with van der Waals surface area (Å²) in [5, 5.41) is 0. The molecule has 0 heterocycles. The summed E-state index contributed by atoms with van der Waals surface area (Å²) in [6.45, 7) is 0. The van der Waals surface area contributed by atoms with Gasteiger partial charge in [0.1, 0.15) is 0 Å². The number of hydrogen-bond donors (Lipinski definition) is 1. The molecule has 0 saturated heterocycles. The van der Waals surface area contributed by atoms with E-state index >= 15 is 0 Å². The van der Waals surface area contributed by atoms with Gasteiger partial charge in [0.25, 0.3) is 0 Å². The van der Waals surface area contributed by atoms with E-state index in [1.807, 2.05) is 0 Å². The number of primary amides is 1. The Hall–Kier alpha value is -0.530. The number of amides is 1. The molecule has 1 saturated carbocycles. The fourth-order valence-electron chi connectivity index (χ4n) is 1.58. The predicted octanol–water partition coefficient (Wildman–Crippen LogP) is 2.45. The molecule has 0 aromatic rings. The number of hydrogen-bond acceptors (Lipinski definition) is 1. The van der Waals surface area contributed by atoms with Crippen molar-refractivity contribution in [3.63, 3.8) is 0 Å². The molecular formula is C11H20NO. The maximum atomic E-state index is 10.8. The molecule has 2 heteroatoms. The van der Waals surface area contributed by atoms with E-state index in [1.54, 1.807) is 0 Å². The van der Waals surface area contributed by atoms with Gasteiger partial charge in [-0.3, -0.25) is 4.79 Å². The highest BCUT2D eigenvalue weighted by Crippen LogP contribution is 2.23. The smallest absolute Gasteiger partial charge is 0.224 e. The minimum absolute atomic E-state index is 0. The standard InChI is InChI=1S/C9H16NO.2CH2/c10-9(11)8-6-4-2-1-3-5-7-8;;/h1-7H2,(H2,10,11);2*1H2. The minimum Gasteiger partial charge on any atom is -0.369 e. The van der Waals surface area contributed by atoms with Crippen LogP contribution in [0.5, 0.6) is 0 Å². The molecule has 2 N–H and O–H groups in total. The fraction of sp³-hybridized carbons (Fsp3) is 0.636. The third-order valence-corrected chi connectivity index (χ3v) is 2.31. The molecule has 0 aromatic heterocycles. The molecular weight excluding hydrogens is 162 g/mol. The lowest BCUT2D eigenvalue weighted by molar-refractivity contribution is -0.116. The SMILES string of the molecule is NC(=O)[C]1CCCCCCC1.[CH2].[CH2]. The molecule has 1 fully saturated rings. The topological polar surface area (TPSA) is 43.1 Å². The monoisotopic (exact) mass is 182 g/mol.